The predicted octanol–water partition coefficient (Wildman–Crippen LogP) is 1.64. The van der Waals surface area contributed by atoms with E-state index in [-0.39, 0.29) is 16.6 Å². The Balaban J connectivity index is 1.18. The number of rotatable bonds is 6. The number of nitrogens with zero attached hydrogens (tertiary/aromatic N) is 3. The van der Waals surface area contributed by atoms with Crippen LogP contribution in [0.15, 0.2) is 24.3 Å². The first-order valence-corrected chi connectivity index (χ1v) is 11.4. The van der Waals surface area contributed by atoms with Gasteiger partial charge in [0.05, 0.1) is 18.9 Å². The van der Waals surface area contributed by atoms with Crippen molar-refractivity contribution < 1.29 is 17.9 Å². The molecule has 0 unspecified atom stereocenters. The van der Waals surface area contributed by atoms with E-state index in [9.17, 15) is 13.2 Å². The summed E-state index contributed by atoms with van der Waals surface area (Å²) in [5, 5.41) is 11.8. The van der Waals surface area contributed by atoms with Gasteiger partial charge in [0.1, 0.15) is 27.3 Å². The van der Waals surface area contributed by atoms with Gasteiger partial charge in [-0.2, -0.15) is 0 Å². The molecular weight excluding hydrogens is 415 g/mol. The van der Waals surface area contributed by atoms with Crippen LogP contribution in [-0.4, -0.2) is 68.5 Å². The van der Waals surface area contributed by atoms with Gasteiger partial charge in [-0.1, -0.05) is 0 Å². The lowest BCUT2D eigenvalue weighted by molar-refractivity contribution is -0.0439. The van der Waals surface area contributed by atoms with E-state index >= 15 is 0 Å². The Kier molecular flexibility index (Phi) is 5.70. The largest absolute Gasteiger partial charge is 0.381 e. The predicted molar refractivity (Wildman–Crippen MR) is 121 cm³/mol. The number of aromatic nitrogens is 2. The molecule has 0 radical (unpaired) electrons. The first-order valence-electron chi connectivity index (χ1n) is 11.4. The van der Waals surface area contributed by atoms with Gasteiger partial charge in [0.15, 0.2) is 11.6 Å². The lowest BCUT2D eigenvalue weighted by Crippen LogP contribution is -2.52. The quantitative estimate of drug-likeness (QED) is 0.545. The fourth-order valence-electron chi connectivity index (χ4n) is 5.65. The molecular formula is C22H27B2F3N4O. The Bertz CT molecular complexity index is 976. The summed E-state index contributed by atoms with van der Waals surface area (Å²) in [5.41, 5.74) is -0.127. The van der Waals surface area contributed by atoms with Crippen LogP contribution < -0.4 is 5.32 Å². The zero-order valence-corrected chi connectivity index (χ0v) is 18.5. The highest BCUT2D eigenvalue weighted by molar-refractivity contribution is 6.40. The molecule has 1 aromatic carbocycles. The Hall–Kier alpha value is -2.06. The third-order valence-electron chi connectivity index (χ3n) is 7.39. The van der Waals surface area contributed by atoms with E-state index in [1.54, 1.807) is 6.07 Å². The number of halogens is 3. The lowest BCUT2D eigenvalue weighted by Gasteiger charge is -2.41. The number of ether oxygens (including phenoxy) is 1. The SMILES string of the molecule is BC(B)(CC1COC1)N1C[C@H]2C[C@H](Nc3ccc(-c4cc(F)cc(F)c4F)nn3)C[C@H]2C1. The number of hydrogen-bond acceptors (Lipinski definition) is 5. The van der Waals surface area contributed by atoms with Gasteiger partial charge in [-0.15, -0.1) is 10.2 Å². The minimum absolute atomic E-state index is 0.101. The molecule has 0 bridgehead atoms. The molecule has 3 heterocycles. The van der Waals surface area contributed by atoms with Gasteiger partial charge in [0.2, 0.25) is 0 Å². The smallest absolute Gasteiger partial charge is 0.168 e. The van der Waals surface area contributed by atoms with Crippen molar-refractivity contribution in [3.05, 3.63) is 41.7 Å². The maximum absolute atomic E-state index is 14.0. The zero-order valence-electron chi connectivity index (χ0n) is 18.5. The third-order valence-corrected chi connectivity index (χ3v) is 7.39. The average molecular weight is 442 g/mol. The minimum atomic E-state index is -1.24. The first-order chi connectivity index (χ1) is 15.3. The van der Waals surface area contributed by atoms with E-state index < -0.39 is 17.5 Å². The maximum Gasteiger partial charge on any atom is 0.168 e. The van der Waals surface area contributed by atoms with Crippen LogP contribution in [0.3, 0.4) is 0 Å². The van der Waals surface area contributed by atoms with E-state index in [2.05, 4.69) is 36.1 Å². The second-order valence-electron chi connectivity index (χ2n) is 10.2. The van der Waals surface area contributed by atoms with Crippen molar-refractivity contribution in [2.45, 2.75) is 30.6 Å². The van der Waals surface area contributed by atoms with Crippen molar-refractivity contribution in [1.29, 1.82) is 0 Å². The summed E-state index contributed by atoms with van der Waals surface area (Å²) in [4.78, 5) is 2.65. The summed E-state index contributed by atoms with van der Waals surface area (Å²) in [5.74, 6) is -0.584. The Labute approximate surface area is 187 Å². The number of fused-ring (bicyclic) bond motifs is 1. The molecule has 3 aliphatic rings. The Morgan fingerprint density at radius 3 is 2.38 bits per heavy atom. The Morgan fingerprint density at radius 2 is 1.78 bits per heavy atom. The van der Waals surface area contributed by atoms with Crippen LogP contribution in [0.1, 0.15) is 19.3 Å². The number of hydrogen-bond donors (Lipinski definition) is 1. The molecule has 168 valence electrons. The van der Waals surface area contributed by atoms with Crippen LogP contribution in [0.2, 0.25) is 0 Å². The monoisotopic (exact) mass is 442 g/mol. The van der Waals surface area contributed by atoms with Gasteiger partial charge in [0.25, 0.3) is 0 Å². The summed E-state index contributed by atoms with van der Waals surface area (Å²) in [6, 6.07) is 4.99. The van der Waals surface area contributed by atoms with E-state index in [0.717, 1.165) is 45.2 Å². The van der Waals surface area contributed by atoms with Gasteiger partial charge in [-0.25, -0.2) is 13.2 Å². The van der Waals surface area contributed by atoms with Crippen LogP contribution in [0, 0.1) is 35.2 Å². The van der Waals surface area contributed by atoms with Gasteiger partial charge in [-0.05, 0) is 54.6 Å². The maximum atomic E-state index is 14.0. The molecule has 1 N–H and O–H groups in total. The van der Waals surface area contributed by atoms with Crippen LogP contribution in [0.25, 0.3) is 11.3 Å². The van der Waals surface area contributed by atoms with Crippen molar-refractivity contribution >= 4 is 21.5 Å². The molecule has 1 aliphatic carbocycles. The minimum Gasteiger partial charge on any atom is -0.381 e. The molecule has 5 rings (SSSR count). The molecule has 2 aliphatic heterocycles. The van der Waals surface area contributed by atoms with Crippen molar-refractivity contribution in [2.75, 3.05) is 31.6 Å². The van der Waals surface area contributed by atoms with E-state index in [0.29, 0.717) is 35.7 Å². The van der Waals surface area contributed by atoms with Crippen LogP contribution in [-0.2, 0) is 4.74 Å². The normalized spacial score (nSPS) is 26.2. The van der Waals surface area contributed by atoms with Crippen LogP contribution in [0.4, 0.5) is 19.0 Å². The molecule has 0 spiro atoms. The summed E-state index contributed by atoms with van der Waals surface area (Å²) in [7, 11) is 4.71. The highest BCUT2D eigenvalue weighted by Crippen LogP contribution is 2.41. The third kappa shape index (κ3) is 4.27. The number of benzene rings is 1. The molecule has 2 saturated heterocycles. The Morgan fingerprint density at radius 1 is 1.06 bits per heavy atom. The molecule has 3 atom stereocenters. The standard InChI is InChI=1S/C22H27B2F3N4O/c23-22(24,7-12-10-32-11-12)31-8-13-3-16(4-14(13)9-31)28-20-2-1-19(29-30-20)17-5-15(25)6-18(26)21(17)27/h1-2,5-6,12-14,16H,3-4,7-11,23-24H2,(H,28,30)/t13-,14+,16+. The second-order valence-corrected chi connectivity index (χ2v) is 10.2. The summed E-state index contributed by atoms with van der Waals surface area (Å²) in [6.07, 6.45) is 3.35. The van der Waals surface area contributed by atoms with Gasteiger partial charge >= 0.3 is 0 Å². The lowest BCUT2D eigenvalue weighted by atomic mass is 9.56. The molecule has 0 amide bonds. The highest BCUT2D eigenvalue weighted by atomic mass is 19.2. The van der Waals surface area contributed by atoms with E-state index in [4.69, 9.17) is 4.74 Å². The fraction of sp³-hybridized carbons (Fsp3) is 0.545. The van der Waals surface area contributed by atoms with Crippen molar-refractivity contribution in [1.82, 2.24) is 15.1 Å². The van der Waals surface area contributed by atoms with Crippen molar-refractivity contribution in [3.63, 3.8) is 0 Å². The number of likely N-dealkylation sites (tertiary alicyclic amines) is 1. The first kappa shape index (κ1) is 21.8. The van der Waals surface area contributed by atoms with Crippen molar-refractivity contribution in [3.8, 4) is 11.3 Å². The molecule has 3 fully saturated rings. The van der Waals surface area contributed by atoms with Crippen molar-refractivity contribution in [2.24, 2.45) is 17.8 Å². The summed E-state index contributed by atoms with van der Waals surface area (Å²) in [6.45, 7) is 4.05. The van der Waals surface area contributed by atoms with Crippen LogP contribution >= 0.6 is 0 Å². The zero-order chi connectivity index (χ0) is 22.5. The topological polar surface area (TPSA) is 50.3 Å². The number of anilines is 1. The summed E-state index contributed by atoms with van der Waals surface area (Å²) < 4.78 is 46.3. The highest BCUT2D eigenvalue weighted by Gasteiger charge is 2.45. The molecule has 1 saturated carbocycles. The average Bonchev–Trinajstić information content (AvgIpc) is 3.28. The second kappa shape index (κ2) is 8.37. The molecule has 32 heavy (non-hydrogen) atoms. The molecule has 5 nitrogen and oxygen atoms in total. The van der Waals surface area contributed by atoms with Gasteiger partial charge in [-0.3, -0.25) is 0 Å². The van der Waals surface area contributed by atoms with Gasteiger partial charge < -0.3 is 15.0 Å². The number of nitrogens with one attached hydrogen (secondary N) is 1. The van der Waals surface area contributed by atoms with Crippen LogP contribution in [0.5, 0.6) is 0 Å². The molecule has 1 aromatic heterocycles. The van der Waals surface area contributed by atoms with Gasteiger partial charge in [0, 0.05) is 36.7 Å². The summed E-state index contributed by atoms with van der Waals surface area (Å²) >= 11 is 0. The van der Waals surface area contributed by atoms with E-state index in [1.165, 1.54) is 12.5 Å². The molecule has 10 heteroatoms. The van der Waals surface area contributed by atoms with E-state index in [1.807, 2.05) is 0 Å². The fourth-order valence-corrected chi connectivity index (χ4v) is 5.65. The molecule has 2 aromatic rings.